The molecule has 0 saturated heterocycles. The molecule has 0 heterocycles. The maximum absolute atomic E-state index is 11.7. The average Bonchev–Trinajstić information content (AvgIpc) is 2.43. The van der Waals surface area contributed by atoms with E-state index in [9.17, 15) is 14.7 Å². The summed E-state index contributed by atoms with van der Waals surface area (Å²) >= 11 is 1.02. The van der Waals surface area contributed by atoms with Crippen molar-refractivity contribution >= 4 is 23.7 Å². The van der Waals surface area contributed by atoms with Gasteiger partial charge in [0.1, 0.15) is 0 Å². The molecule has 104 valence electrons. The molecule has 0 aliphatic heterocycles. The van der Waals surface area contributed by atoms with E-state index in [0.717, 1.165) is 18.2 Å². The van der Waals surface area contributed by atoms with Crippen molar-refractivity contribution < 1.29 is 24.5 Å². The predicted octanol–water partition coefficient (Wildman–Crippen LogP) is 1.82. The Bertz CT molecular complexity index is 420. The van der Waals surface area contributed by atoms with Gasteiger partial charge in [-0.3, -0.25) is 0 Å². The zero-order chi connectivity index (χ0) is 14.3. The second-order valence-electron chi connectivity index (χ2n) is 3.79. The van der Waals surface area contributed by atoms with Crippen molar-refractivity contribution in [2.75, 3.05) is 5.75 Å². The first-order chi connectivity index (χ1) is 9.06. The number of thioether (sulfide) groups is 1. The first-order valence-corrected chi connectivity index (χ1v) is 6.89. The molecule has 5 nitrogen and oxygen atoms in total. The highest BCUT2D eigenvalue weighted by Gasteiger charge is 2.27. The number of aliphatic carboxylic acids is 1. The Morgan fingerprint density at radius 1 is 1.32 bits per heavy atom. The molecule has 1 aromatic rings. The van der Waals surface area contributed by atoms with Crippen LogP contribution in [0, 0.1) is 0 Å². The molecule has 0 saturated carbocycles. The zero-order valence-corrected chi connectivity index (χ0v) is 11.3. The van der Waals surface area contributed by atoms with Gasteiger partial charge >= 0.3 is 11.9 Å². The van der Waals surface area contributed by atoms with Gasteiger partial charge in [0, 0.05) is 0 Å². The molecule has 6 heteroatoms. The molecule has 0 amide bonds. The molecule has 19 heavy (non-hydrogen) atoms. The SMILES string of the molecule is CCCSC(OC(=O)C(O)c1ccccc1)C(=O)O. The topological polar surface area (TPSA) is 83.8 Å². The number of aliphatic hydroxyl groups excluding tert-OH is 1. The Morgan fingerprint density at radius 2 is 1.95 bits per heavy atom. The number of carbonyl (C=O) groups excluding carboxylic acids is 1. The molecule has 0 aliphatic rings. The summed E-state index contributed by atoms with van der Waals surface area (Å²) in [7, 11) is 0. The minimum absolute atomic E-state index is 0.372. The van der Waals surface area contributed by atoms with Crippen LogP contribution in [-0.4, -0.2) is 33.3 Å². The summed E-state index contributed by atoms with van der Waals surface area (Å²) in [6, 6.07) is 8.24. The molecular weight excluding hydrogens is 268 g/mol. The Kier molecular flexibility index (Phi) is 6.38. The lowest BCUT2D eigenvalue weighted by atomic mass is 10.1. The van der Waals surface area contributed by atoms with E-state index in [2.05, 4.69) is 0 Å². The normalized spacial score (nSPS) is 13.6. The lowest BCUT2D eigenvalue weighted by Gasteiger charge is -2.16. The summed E-state index contributed by atoms with van der Waals surface area (Å²) in [6.07, 6.45) is -0.696. The number of carbonyl (C=O) groups is 2. The van der Waals surface area contributed by atoms with Crippen molar-refractivity contribution in [1.29, 1.82) is 0 Å². The van der Waals surface area contributed by atoms with Gasteiger partial charge in [-0.1, -0.05) is 37.3 Å². The van der Waals surface area contributed by atoms with Crippen LogP contribution in [0.1, 0.15) is 25.0 Å². The summed E-state index contributed by atoms with van der Waals surface area (Å²) in [4.78, 5) is 22.6. The van der Waals surface area contributed by atoms with Gasteiger partial charge in [0.25, 0.3) is 0 Å². The van der Waals surface area contributed by atoms with E-state index in [1.54, 1.807) is 30.3 Å². The van der Waals surface area contributed by atoms with Crippen LogP contribution in [0.3, 0.4) is 0 Å². The van der Waals surface area contributed by atoms with Crippen LogP contribution in [0.5, 0.6) is 0 Å². The molecule has 2 unspecified atom stereocenters. The summed E-state index contributed by atoms with van der Waals surface area (Å²) in [5.41, 5.74) is -0.914. The second kappa shape index (κ2) is 7.81. The summed E-state index contributed by atoms with van der Waals surface area (Å²) < 4.78 is 4.80. The van der Waals surface area contributed by atoms with Crippen LogP contribution in [0.15, 0.2) is 30.3 Å². The van der Waals surface area contributed by atoms with Crippen molar-refractivity contribution in [2.45, 2.75) is 24.9 Å². The van der Waals surface area contributed by atoms with E-state index in [-0.39, 0.29) is 0 Å². The van der Waals surface area contributed by atoms with Gasteiger partial charge in [0.15, 0.2) is 6.10 Å². The summed E-state index contributed by atoms with van der Waals surface area (Å²) in [5, 5.41) is 18.7. The van der Waals surface area contributed by atoms with Crippen LogP contribution in [0.2, 0.25) is 0 Å². The van der Waals surface area contributed by atoms with Crippen molar-refractivity contribution in [3.63, 3.8) is 0 Å². The second-order valence-corrected chi connectivity index (χ2v) is 4.96. The van der Waals surface area contributed by atoms with Gasteiger partial charge < -0.3 is 14.9 Å². The zero-order valence-electron chi connectivity index (χ0n) is 10.5. The molecule has 2 atom stereocenters. The van der Waals surface area contributed by atoms with Gasteiger partial charge in [0.05, 0.1) is 0 Å². The highest BCUT2D eigenvalue weighted by atomic mass is 32.2. The number of benzene rings is 1. The van der Waals surface area contributed by atoms with E-state index in [4.69, 9.17) is 9.84 Å². The third-order valence-electron chi connectivity index (χ3n) is 2.24. The smallest absolute Gasteiger partial charge is 0.355 e. The number of aliphatic hydroxyl groups is 1. The van der Waals surface area contributed by atoms with Gasteiger partial charge in [0.2, 0.25) is 5.44 Å². The Balaban J connectivity index is 2.64. The number of hydrogen-bond acceptors (Lipinski definition) is 5. The van der Waals surface area contributed by atoms with E-state index < -0.39 is 23.5 Å². The van der Waals surface area contributed by atoms with Crippen molar-refractivity contribution in [3.05, 3.63) is 35.9 Å². The van der Waals surface area contributed by atoms with Crippen LogP contribution in [0.25, 0.3) is 0 Å². The van der Waals surface area contributed by atoms with Crippen LogP contribution in [0.4, 0.5) is 0 Å². The fourth-order valence-electron chi connectivity index (χ4n) is 1.32. The third kappa shape index (κ3) is 4.92. The lowest BCUT2D eigenvalue weighted by Crippen LogP contribution is -2.27. The Hall–Kier alpha value is -1.53. The highest BCUT2D eigenvalue weighted by molar-refractivity contribution is 8.00. The predicted molar refractivity (Wildman–Crippen MR) is 71.7 cm³/mol. The van der Waals surface area contributed by atoms with E-state index >= 15 is 0 Å². The molecule has 1 aromatic carbocycles. The molecular formula is C13H16O5S. The van der Waals surface area contributed by atoms with Crippen molar-refractivity contribution in [3.8, 4) is 0 Å². The van der Waals surface area contributed by atoms with Crippen LogP contribution in [-0.2, 0) is 14.3 Å². The Morgan fingerprint density at radius 3 is 2.47 bits per heavy atom. The lowest BCUT2D eigenvalue weighted by molar-refractivity contribution is -0.164. The van der Waals surface area contributed by atoms with Gasteiger partial charge in [-0.05, 0) is 17.7 Å². The number of ether oxygens (including phenoxy) is 1. The number of carboxylic acids is 1. The minimum atomic E-state index is -1.47. The third-order valence-corrected chi connectivity index (χ3v) is 3.48. The maximum atomic E-state index is 11.7. The van der Waals surface area contributed by atoms with Gasteiger partial charge in [-0.15, -0.1) is 11.8 Å². The molecule has 0 spiro atoms. The molecule has 1 rings (SSSR count). The van der Waals surface area contributed by atoms with Crippen LogP contribution < -0.4 is 0 Å². The first kappa shape index (κ1) is 15.5. The van der Waals surface area contributed by atoms with E-state index in [1.165, 1.54) is 0 Å². The summed E-state index contributed by atoms with van der Waals surface area (Å²) in [6.45, 7) is 1.90. The molecule has 0 radical (unpaired) electrons. The fourth-order valence-corrected chi connectivity index (χ4v) is 2.08. The molecule has 2 N–H and O–H groups in total. The van der Waals surface area contributed by atoms with Crippen LogP contribution >= 0.6 is 11.8 Å². The standard InChI is InChI=1S/C13H16O5S/c1-2-8-19-13(11(15)16)18-12(17)10(14)9-6-4-3-5-7-9/h3-7,10,13-14H,2,8H2,1H3,(H,15,16). The van der Waals surface area contributed by atoms with Gasteiger partial charge in [-0.25, -0.2) is 9.59 Å². The maximum Gasteiger partial charge on any atom is 0.355 e. The van der Waals surface area contributed by atoms with E-state index in [0.29, 0.717) is 11.3 Å². The number of hydrogen-bond donors (Lipinski definition) is 2. The number of rotatable bonds is 7. The molecule has 0 fully saturated rings. The highest BCUT2D eigenvalue weighted by Crippen LogP contribution is 2.19. The largest absolute Gasteiger partial charge is 0.478 e. The molecule has 0 bridgehead atoms. The van der Waals surface area contributed by atoms with Crippen molar-refractivity contribution in [2.24, 2.45) is 0 Å². The van der Waals surface area contributed by atoms with Crippen molar-refractivity contribution in [1.82, 2.24) is 0 Å². The van der Waals surface area contributed by atoms with E-state index in [1.807, 2.05) is 6.92 Å². The average molecular weight is 284 g/mol. The monoisotopic (exact) mass is 284 g/mol. The summed E-state index contributed by atoms with van der Waals surface area (Å²) in [5.74, 6) is -1.62. The number of esters is 1. The molecule has 0 aromatic heterocycles. The first-order valence-electron chi connectivity index (χ1n) is 5.84. The number of carboxylic acid groups (broad SMARTS) is 1. The minimum Gasteiger partial charge on any atom is -0.478 e. The molecule has 0 aliphatic carbocycles. The fraction of sp³-hybridized carbons (Fsp3) is 0.385. The van der Waals surface area contributed by atoms with Gasteiger partial charge in [-0.2, -0.15) is 0 Å². The Labute approximate surface area is 115 Å². The quantitative estimate of drug-likeness (QED) is 0.587.